The van der Waals surface area contributed by atoms with E-state index in [9.17, 15) is 14.4 Å². The number of hydrogen-bond donors (Lipinski definition) is 0. The monoisotopic (exact) mass is 288 g/mol. The summed E-state index contributed by atoms with van der Waals surface area (Å²) in [6.45, 7) is 3.95. The van der Waals surface area contributed by atoms with Gasteiger partial charge in [0.2, 0.25) is 0 Å². The van der Waals surface area contributed by atoms with Gasteiger partial charge < -0.3 is 9.80 Å². The molecule has 1 aliphatic heterocycles. The minimum Gasteiger partial charge on any atom is -0.333 e. The number of amides is 2. The van der Waals surface area contributed by atoms with Crippen LogP contribution in [-0.2, 0) is 9.59 Å². The van der Waals surface area contributed by atoms with E-state index in [-0.39, 0.29) is 12.2 Å². The molecule has 0 N–H and O–H groups in total. The number of rotatable bonds is 6. The van der Waals surface area contributed by atoms with E-state index in [4.69, 9.17) is 0 Å². The molecule has 0 atom stereocenters. The Morgan fingerprint density at radius 2 is 1.57 bits per heavy atom. The Morgan fingerprint density at radius 1 is 1.00 bits per heavy atom. The largest absolute Gasteiger partial charge is 0.333 e. The van der Waals surface area contributed by atoms with Gasteiger partial charge in [-0.1, -0.05) is 37.3 Å². The molecule has 0 unspecified atom stereocenters. The number of carbonyl (C=O) groups is 3. The molecule has 5 heteroatoms. The Kier molecular flexibility index (Phi) is 5.09. The quantitative estimate of drug-likeness (QED) is 0.586. The minimum absolute atomic E-state index is 0.00756. The highest BCUT2D eigenvalue weighted by molar-refractivity contribution is 6.35. The number of carbonyl (C=O) groups excluding carboxylic acids is 3. The van der Waals surface area contributed by atoms with Crippen molar-refractivity contribution < 1.29 is 14.4 Å². The summed E-state index contributed by atoms with van der Waals surface area (Å²) in [6, 6.07) is 8.99. The Labute approximate surface area is 124 Å². The van der Waals surface area contributed by atoms with Crippen molar-refractivity contribution in [3.05, 3.63) is 35.9 Å². The third kappa shape index (κ3) is 3.68. The van der Waals surface area contributed by atoms with Crippen LogP contribution < -0.4 is 0 Å². The summed E-state index contributed by atoms with van der Waals surface area (Å²) in [4.78, 5) is 38.9. The van der Waals surface area contributed by atoms with Gasteiger partial charge in [-0.05, 0) is 6.42 Å². The molecule has 1 saturated heterocycles. The van der Waals surface area contributed by atoms with Crippen molar-refractivity contribution in [1.82, 2.24) is 9.80 Å². The molecule has 21 heavy (non-hydrogen) atoms. The number of ketones is 1. The standard InChI is InChI=1S/C16H20N2O3/c1-2-9-17-11-12-18(16(21)15(17)20)10-8-14(19)13-6-4-3-5-7-13/h3-7H,2,8-12H2,1H3. The first-order valence-electron chi connectivity index (χ1n) is 7.30. The van der Waals surface area contributed by atoms with E-state index in [1.807, 2.05) is 25.1 Å². The van der Waals surface area contributed by atoms with E-state index in [0.29, 0.717) is 31.7 Å². The number of piperazine rings is 1. The molecule has 1 aromatic carbocycles. The average molecular weight is 288 g/mol. The molecule has 1 aromatic rings. The fraction of sp³-hybridized carbons (Fsp3) is 0.438. The van der Waals surface area contributed by atoms with E-state index >= 15 is 0 Å². The first-order valence-corrected chi connectivity index (χ1v) is 7.30. The normalized spacial score (nSPS) is 15.5. The zero-order valence-electron chi connectivity index (χ0n) is 12.2. The summed E-state index contributed by atoms with van der Waals surface area (Å²) >= 11 is 0. The van der Waals surface area contributed by atoms with Crippen molar-refractivity contribution in [2.75, 3.05) is 26.2 Å². The van der Waals surface area contributed by atoms with Crippen LogP contribution in [0.5, 0.6) is 0 Å². The number of Topliss-reactive ketones (excluding diaryl/α,β-unsaturated/α-hetero) is 1. The maximum Gasteiger partial charge on any atom is 0.312 e. The Morgan fingerprint density at radius 3 is 2.14 bits per heavy atom. The Balaban J connectivity index is 1.88. The van der Waals surface area contributed by atoms with E-state index < -0.39 is 11.8 Å². The van der Waals surface area contributed by atoms with Crippen molar-refractivity contribution in [2.45, 2.75) is 19.8 Å². The van der Waals surface area contributed by atoms with Gasteiger partial charge in [0.15, 0.2) is 5.78 Å². The first kappa shape index (κ1) is 15.2. The Hall–Kier alpha value is -2.17. The van der Waals surface area contributed by atoms with Gasteiger partial charge in [-0.15, -0.1) is 0 Å². The highest BCUT2D eigenvalue weighted by atomic mass is 16.2. The maximum absolute atomic E-state index is 12.0. The molecule has 1 heterocycles. The average Bonchev–Trinajstić information content (AvgIpc) is 2.52. The molecule has 1 fully saturated rings. The number of hydrogen-bond acceptors (Lipinski definition) is 3. The predicted molar refractivity (Wildman–Crippen MR) is 78.8 cm³/mol. The van der Waals surface area contributed by atoms with Crippen molar-refractivity contribution in [2.24, 2.45) is 0 Å². The van der Waals surface area contributed by atoms with Gasteiger partial charge in [0.05, 0.1) is 0 Å². The van der Waals surface area contributed by atoms with Gasteiger partial charge in [0, 0.05) is 38.2 Å². The molecular weight excluding hydrogens is 268 g/mol. The van der Waals surface area contributed by atoms with Gasteiger partial charge >= 0.3 is 11.8 Å². The van der Waals surface area contributed by atoms with Crippen LogP contribution >= 0.6 is 0 Å². The second-order valence-corrected chi connectivity index (χ2v) is 5.12. The molecule has 0 spiro atoms. The third-order valence-corrected chi connectivity index (χ3v) is 3.60. The molecule has 1 aliphatic rings. The summed E-state index contributed by atoms with van der Waals surface area (Å²) in [5, 5.41) is 0. The molecule has 2 rings (SSSR count). The second-order valence-electron chi connectivity index (χ2n) is 5.12. The molecule has 0 aliphatic carbocycles. The van der Waals surface area contributed by atoms with Gasteiger partial charge in [-0.25, -0.2) is 0 Å². The molecule has 0 radical (unpaired) electrons. The zero-order valence-corrected chi connectivity index (χ0v) is 12.2. The fourth-order valence-electron chi connectivity index (χ4n) is 2.42. The zero-order chi connectivity index (χ0) is 15.2. The van der Waals surface area contributed by atoms with Crippen molar-refractivity contribution in [3.8, 4) is 0 Å². The van der Waals surface area contributed by atoms with Gasteiger partial charge in [-0.3, -0.25) is 14.4 Å². The lowest BCUT2D eigenvalue weighted by atomic mass is 10.1. The van der Waals surface area contributed by atoms with Crippen LogP contribution in [0.1, 0.15) is 30.1 Å². The second kappa shape index (κ2) is 7.02. The van der Waals surface area contributed by atoms with E-state index in [0.717, 1.165) is 6.42 Å². The van der Waals surface area contributed by atoms with Gasteiger partial charge in [0.1, 0.15) is 0 Å². The van der Waals surface area contributed by atoms with E-state index in [1.54, 1.807) is 17.0 Å². The molecule has 0 aromatic heterocycles. The smallest absolute Gasteiger partial charge is 0.312 e. The number of nitrogens with zero attached hydrogens (tertiary/aromatic N) is 2. The molecular formula is C16H20N2O3. The molecule has 0 bridgehead atoms. The highest BCUT2D eigenvalue weighted by Crippen LogP contribution is 2.09. The van der Waals surface area contributed by atoms with Gasteiger partial charge in [-0.2, -0.15) is 0 Å². The van der Waals surface area contributed by atoms with Crippen molar-refractivity contribution in [3.63, 3.8) is 0 Å². The molecule has 5 nitrogen and oxygen atoms in total. The molecule has 112 valence electrons. The van der Waals surface area contributed by atoms with Crippen LogP contribution in [0, 0.1) is 0 Å². The van der Waals surface area contributed by atoms with Crippen LogP contribution in [0.3, 0.4) is 0 Å². The minimum atomic E-state index is -0.490. The summed E-state index contributed by atoms with van der Waals surface area (Å²) in [7, 11) is 0. The van der Waals surface area contributed by atoms with E-state index in [1.165, 1.54) is 4.90 Å². The summed E-state index contributed by atoms with van der Waals surface area (Å²) < 4.78 is 0. The third-order valence-electron chi connectivity index (χ3n) is 3.60. The molecule has 0 saturated carbocycles. The van der Waals surface area contributed by atoms with Crippen LogP contribution in [0.15, 0.2) is 30.3 Å². The summed E-state index contributed by atoms with van der Waals surface area (Å²) in [5.41, 5.74) is 0.640. The summed E-state index contributed by atoms with van der Waals surface area (Å²) in [5.74, 6) is -0.947. The van der Waals surface area contributed by atoms with Crippen LogP contribution in [0.2, 0.25) is 0 Å². The lowest BCUT2D eigenvalue weighted by molar-refractivity contribution is -0.155. The van der Waals surface area contributed by atoms with Crippen LogP contribution in [0.25, 0.3) is 0 Å². The van der Waals surface area contributed by atoms with Crippen molar-refractivity contribution in [1.29, 1.82) is 0 Å². The number of benzene rings is 1. The first-order chi connectivity index (χ1) is 10.1. The van der Waals surface area contributed by atoms with E-state index in [2.05, 4.69) is 0 Å². The predicted octanol–water partition coefficient (Wildman–Crippen LogP) is 1.34. The van der Waals surface area contributed by atoms with Crippen LogP contribution in [-0.4, -0.2) is 53.6 Å². The van der Waals surface area contributed by atoms with Crippen LogP contribution in [0.4, 0.5) is 0 Å². The fourth-order valence-corrected chi connectivity index (χ4v) is 2.42. The highest BCUT2D eigenvalue weighted by Gasteiger charge is 2.31. The summed E-state index contributed by atoms with van der Waals surface area (Å²) in [6.07, 6.45) is 1.09. The lowest BCUT2D eigenvalue weighted by Gasteiger charge is -2.33. The topological polar surface area (TPSA) is 57.7 Å². The lowest BCUT2D eigenvalue weighted by Crippen LogP contribution is -2.54. The Bertz CT molecular complexity index is 528. The molecule has 2 amide bonds. The SMILES string of the molecule is CCCN1CCN(CCC(=O)c2ccccc2)C(=O)C1=O. The maximum atomic E-state index is 12.0. The van der Waals surface area contributed by atoms with Crippen molar-refractivity contribution >= 4 is 17.6 Å². The van der Waals surface area contributed by atoms with Gasteiger partial charge in [0.25, 0.3) is 0 Å².